The molecule has 0 bridgehead atoms. The molecule has 0 aliphatic carbocycles. The van der Waals surface area contributed by atoms with Gasteiger partial charge in [-0.2, -0.15) is 0 Å². The van der Waals surface area contributed by atoms with Crippen LogP contribution in [0, 0.1) is 0 Å². The van der Waals surface area contributed by atoms with Gasteiger partial charge in [-0.3, -0.25) is 9.69 Å². The number of rotatable bonds is 6. The number of benzene rings is 2. The van der Waals surface area contributed by atoms with Crippen molar-refractivity contribution in [2.24, 2.45) is 0 Å². The van der Waals surface area contributed by atoms with Gasteiger partial charge in [-0.1, -0.05) is 42.5 Å². The molecule has 1 saturated heterocycles. The number of carbonyl (C=O) groups excluding carboxylic acids is 2. The highest BCUT2D eigenvalue weighted by molar-refractivity contribution is 5.70. The lowest BCUT2D eigenvalue weighted by Crippen LogP contribution is -2.43. The fourth-order valence-corrected chi connectivity index (χ4v) is 3.46. The predicted molar refractivity (Wildman–Crippen MR) is 105 cm³/mol. The van der Waals surface area contributed by atoms with Crippen LogP contribution < -0.4 is 4.74 Å². The first-order chi connectivity index (χ1) is 14.0. The van der Waals surface area contributed by atoms with E-state index in [-0.39, 0.29) is 13.2 Å². The van der Waals surface area contributed by atoms with E-state index in [4.69, 9.17) is 14.2 Å². The van der Waals surface area contributed by atoms with Crippen LogP contribution in [-0.4, -0.2) is 54.0 Å². The zero-order chi connectivity index (χ0) is 20.8. The molecule has 1 N–H and O–H groups in total. The van der Waals surface area contributed by atoms with Gasteiger partial charge >= 0.3 is 12.1 Å². The summed E-state index contributed by atoms with van der Waals surface area (Å²) in [6.45, 7) is 1.44. The van der Waals surface area contributed by atoms with Crippen LogP contribution in [-0.2, 0) is 27.3 Å². The highest BCUT2D eigenvalue weighted by Crippen LogP contribution is 2.27. The van der Waals surface area contributed by atoms with Crippen molar-refractivity contribution in [2.45, 2.75) is 38.2 Å². The normalized spacial score (nSPS) is 20.9. The van der Waals surface area contributed by atoms with E-state index in [1.807, 2.05) is 54.6 Å². The molecule has 7 nitrogen and oxygen atoms in total. The van der Waals surface area contributed by atoms with Crippen LogP contribution in [0.5, 0.6) is 5.75 Å². The van der Waals surface area contributed by atoms with Gasteiger partial charge in [0.05, 0.1) is 19.7 Å². The Kier molecular flexibility index (Phi) is 6.72. The van der Waals surface area contributed by atoms with Gasteiger partial charge in [0, 0.05) is 6.92 Å². The molecule has 1 aliphatic rings. The Morgan fingerprint density at radius 2 is 1.76 bits per heavy atom. The van der Waals surface area contributed by atoms with Crippen LogP contribution >= 0.6 is 0 Å². The Hall–Kier alpha value is -3.06. The number of hydrogen-bond acceptors (Lipinski definition) is 6. The second-order valence-corrected chi connectivity index (χ2v) is 6.95. The maximum absolute atomic E-state index is 12.7. The van der Waals surface area contributed by atoms with Crippen LogP contribution in [0.4, 0.5) is 4.79 Å². The number of aliphatic hydroxyl groups excluding tert-OH is 1. The van der Waals surface area contributed by atoms with Crippen molar-refractivity contribution < 1.29 is 28.9 Å². The van der Waals surface area contributed by atoms with E-state index < -0.39 is 30.3 Å². The number of carbonyl (C=O) groups is 2. The molecule has 154 valence electrons. The molecule has 3 atom stereocenters. The van der Waals surface area contributed by atoms with Gasteiger partial charge in [0.2, 0.25) is 0 Å². The summed E-state index contributed by atoms with van der Waals surface area (Å²) in [4.78, 5) is 25.7. The van der Waals surface area contributed by atoms with Gasteiger partial charge in [-0.25, -0.2) is 4.79 Å². The third-order valence-electron chi connectivity index (χ3n) is 4.89. The van der Waals surface area contributed by atoms with E-state index in [1.165, 1.54) is 11.8 Å². The Bertz CT molecular complexity index is 823. The average molecular weight is 399 g/mol. The first kappa shape index (κ1) is 20.7. The van der Waals surface area contributed by atoms with Crippen molar-refractivity contribution in [3.63, 3.8) is 0 Å². The highest BCUT2D eigenvalue weighted by atomic mass is 16.6. The maximum Gasteiger partial charge on any atom is 0.410 e. The Morgan fingerprint density at radius 3 is 2.38 bits per heavy atom. The fourth-order valence-electron chi connectivity index (χ4n) is 3.46. The van der Waals surface area contributed by atoms with Crippen LogP contribution in [0.3, 0.4) is 0 Å². The molecule has 0 aromatic heterocycles. The lowest BCUT2D eigenvalue weighted by atomic mass is 10.0. The zero-order valence-electron chi connectivity index (χ0n) is 16.5. The Labute approximate surface area is 169 Å². The summed E-state index contributed by atoms with van der Waals surface area (Å²) in [6, 6.07) is 16.2. The number of hydrogen-bond donors (Lipinski definition) is 1. The minimum absolute atomic E-state index is 0.0341. The van der Waals surface area contributed by atoms with Crippen molar-refractivity contribution in [1.29, 1.82) is 0 Å². The number of likely N-dealkylation sites (tertiary alicyclic amines) is 1. The lowest BCUT2D eigenvalue weighted by molar-refractivity contribution is -0.151. The predicted octanol–water partition coefficient (Wildman–Crippen LogP) is 2.55. The van der Waals surface area contributed by atoms with Crippen molar-refractivity contribution in [3.8, 4) is 5.75 Å². The van der Waals surface area contributed by atoms with Crippen molar-refractivity contribution in [2.75, 3.05) is 13.7 Å². The Balaban J connectivity index is 1.75. The summed E-state index contributed by atoms with van der Waals surface area (Å²) in [5.74, 6) is 0.212. The fraction of sp³-hybridized carbons (Fsp3) is 0.364. The molecule has 1 fully saturated rings. The van der Waals surface area contributed by atoms with Crippen molar-refractivity contribution >= 4 is 12.1 Å². The number of ether oxygens (including phenoxy) is 3. The summed E-state index contributed by atoms with van der Waals surface area (Å²) in [5.41, 5.74) is 1.78. The Morgan fingerprint density at radius 1 is 1.07 bits per heavy atom. The van der Waals surface area contributed by atoms with E-state index >= 15 is 0 Å². The van der Waals surface area contributed by atoms with Crippen molar-refractivity contribution in [1.82, 2.24) is 4.90 Å². The van der Waals surface area contributed by atoms with Gasteiger partial charge in [0.15, 0.2) is 0 Å². The van der Waals surface area contributed by atoms with E-state index in [9.17, 15) is 14.7 Å². The molecule has 29 heavy (non-hydrogen) atoms. The molecule has 2 aromatic rings. The lowest BCUT2D eigenvalue weighted by Gasteiger charge is -2.27. The molecule has 7 heteroatoms. The van der Waals surface area contributed by atoms with E-state index in [0.29, 0.717) is 6.42 Å². The minimum Gasteiger partial charge on any atom is -0.497 e. The molecule has 1 aliphatic heterocycles. The smallest absolute Gasteiger partial charge is 0.410 e. The van der Waals surface area contributed by atoms with E-state index in [0.717, 1.165) is 16.9 Å². The van der Waals surface area contributed by atoms with Crippen LogP contribution in [0.2, 0.25) is 0 Å². The monoisotopic (exact) mass is 399 g/mol. The molecule has 1 heterocycles. The topological polar surface area (TPSA) is 85.3 Å². The van der Waals surface area contributed by atoms with E-state index in [1.54, 1.807) is 7.11 Å². The summed E-state index contributed by atoms with van der Waals surface area (Å²) < 4.78 is 15.9. The molecule has 0 radical (unpaired) electrons. The first-order valence-electron chi connectivity index (χ1n) is 9.43. The third-order valence-corrected chi connectivity index (χ3v) is 4.89. The SMILES string of the molecule is COc1ccc(C[C@@H]2[C@H](OC(C)=O)[C@@H](O)CN2C(=O)OCc2ccccc2)cc1. The van der Waals surface area contributed by atoms with Gasteiger partial charge in [-0.15, -0.1) is 0 Å². The molecule has 0 unspecified atom stereocenters. The molecule has 0 spiro atoms. The summed E-state index contributed by atoms with van der Waals surface area (Å²) in [7, 11) is 1.59. The van der Waals surface area contributed by atoms with Gasteiger partial charge in [0.1, 0.15) is 24.6 Å². The second-order valence-electron chi connectivity index (χ2n) is 6.95. The number of β-amino-alcohol motifs (C(OH)–C–C–N with tert-alkyl or cyclic N) is 1. The molecule has 3 rings (SSSR count). The first-order valence-corrected chi connectivity index (χ1v) is 9.43. The number of aliphatic hydroxyl groups is 1. The maximum atomic E-state index is 12.7. The van der Waals surface area contributed by atoms with Gasteiger partial charge < -0.3 is 19.3 Å². The van der Waals surface area contributed by atoms with Crippen LogP contribution in [0.25, 0.3) is 0 Å². The number of methoxy groups -OCH3 is 1. The van der Waals surface area contributed by atoms with Crippen molar-refractivity contribution in [3.05, 3.63) is 65.7 Å². The van der Waals surface area contributed by atoms with Crippen LogP contribution in [0.1, 0.15) is 18.1 Å². The zero-order valence-corrected chi connectivity index (χ0v) is 16.5. The van der Waals surface area contributed by atoms with Gasteiger partial charge in [0.25, 0.3) is 0 Å². The molecule has 2 aromatic carbocycles. The largest absolute Gasteiger partial charge is 0.497 e. The number of esters is 1. The third kappa shape index (κ3) is 5.26. The quantitative estimate of drug-likeness (QED) is 0.752. The molecular weight excluding hydrogens is 374 g/mol. The minimum atomic E-state index is -0.980. The van der Waals surface area contributed by atoms with Crippen LogP contribution in [0.15, 0.2) is 54.6 Å². The molecular formula is C22H25NO6. The number of nitrogens with zero attached hydrogens (tertiary/aromatic N) is 1. The summed E-state index contributed by atoms with van der Waals surface area (Å²) in [5, 5.41) is 10.4. The standard InChI is InChI=1S/C22H25NO6/c1-15(24)29-21-19(12-16-8-10-18(27-2)11-9-16)23(13-20(21)25)22(26)28-14-17-6-4-3-5-7-17/h3-11,19-21,25H,12-14H2,1-2H3/t19-,20+,21+/m1/s1. The summed E-state index contributed by atoms with van der Waals surface area (Å²) in [6.07, 6.45) is -1.95. The molecule has 0 saturated carbocycles. The number of amides is 1. The van der Waals surface area contributed by atoms with E-state index in [2.05, 4.69) is 0 Å². The average Bonchev–Trinajstić information content (AvgIpc) is 3.02. The summed E-state index contributed by atoms with van der Waals surface area (Å²) >= 11 is 0. The highest BCUT2D eigenvalue weighted by Gasteiger charge is 2.46. The van der Waals surface area contributed by atoms with Gasteiger partial charge in [-0.05, 0) is 29.7 Å². The second kappa shape index (κ2) is 9.43. The molecule has 1 amide bonds.